The van der Waals surface area contributed by atoms with E-state index in [1.165, 1.54) is 0 Å². The lowest BCUT2D eigenvalue weighted by Crippen LogP contribution is -2.41. The Hall–Kier alpha value is -3.08. The SMILES string of the molecule is CC(C)OC(=O)N1CCC(C(C)CCOc2cnc(N3CC(N)C(c4cc(F)c(F)cc4F)C3)nc2)CC1. The first kappa shape index (κ1) is 27.9. The molecule has 2 aliphatic heterocycles. The van der Waals surface area contributed by atoms with E-state index in [2.05, 4.69) is 16.9 Å². The molecule has 2 N–H and O–H groups in total. The molecule has 0 spiro atoms. The molecule has 2 fully saturated rings. The molecule has 2 aromatic rings. The number of anilines is 1. The molecule has 38 heavy (non-hydrogen) atoms. The molecule has 11 heteroatoms. The van der Waals surface area contributed by atoms with Gasteiger partial charge < -0.3 is 25.0 Å². The number of nitrogens with zero attached hydrogens (tertiary/aromatic N) is 4. The Morgan fingerprint density at radius 3 is 2.37 bits per heavy atom. The Labute approximate surface area is 221 Å². The van der Waals surface area contributed by atoms with Crippen LogP contribution in [0.5, 0.6) is 5.75 Å². The molecule has 3 atom stereocenters. The summed E-state index contributed by atoms with van der Waals surface area (Å²) in [6, 6.07) is 0.945. The number of halogens is 3. The lowest BCUT2D eigenvalue weighted by molar-refractivity contribution is 0.0596. The summed E-state index contributed by atoms with van der Waals surface area (Å²) in [7, 11) is 0. The summed E-state index contributed by atoms with van der Waals surface area (Å²) < 4.78 is 52.4. The van der Waals surface area contributed by atoms with Crippen molar-refractivity contribution in [2.45, 2.75) is 58.1 Å². The summed E-state index contributed by atoms with van der Waals surface area (Å²) in [5.41, 5.74) is 6.24. The molecule has 0 saturated carbocycles. The Balaban J connectivity index is 1.23. The van der Waals surface area contributed by atoms with E-state index in [-0.39, 0.29) is 24.3 Å². The summed E-state index contributed by atoms with van der Waals surface area (Å²) >= 11 is 0. The van der Waals surface area contributed by atoms with Gasteiger partial charge in [0, 0.05) is 44.2 Å². The number of carbonyl (C=O) groups excluding carboxylic acids is 1. The van der Waals surface area contributed by atoms with Crippen LogP contribution in [-0.4, -0.2) is 65.9 Å². The fraction of sp³-hybridized carbons (Fsp3) is 0.593. The van der Waals surface area contributed by atoms with Gasteiger partial charge in [-0.15, -0.1) is 0 Å². The van der Waals surface area contributed by atoms with E-state index in [0.29, 0.717) is 55.8 Å². The molecule has 4 rings (SSSR count). The van der Waals surface area contributed by atoms with Crippen LogP contribution in [0.1, 0.15) is 51.5 Å². The minimum absolute atomic E-state index is 0.0501. The molecule has 0 bridgehead atoms. The molecule has 8 nitrogen and oxygen atoms in total. The first-order chi connectivity index (χ1) is 18.1. The van der Waals surface area contributed by atoms with Crippen molar-refractivity contribution in [1.82, 2.24) is 14.9 Å². The largest absolute Gasteiger partial charge is 0.490 e. The van der Waals surface area contributed by atoms with Crippen molar-refractivity contribution in [3.63, 3.8) is 0 Å². The molecular formula is C27H36F3N5O3. The number of hydrogen-bond acceptors (Lipinski definition) is 7. The average Bonchev–Trinajstić information content (AvgIpc) is 3.27. The third-order valence-electron chi connectivity index (χ3n) is 7.48. The number of amides is 1. The first-order valence-electron chi connectivity index (χ1n) is 13.2. The maximum atomic E-state index is 14.3. The van der Waals surface area contributed by atoms with Crippen LogP contribution in [0.3, 0.4) is 0 Å². The second-order valence-electron chi connectivity index (χ2n) is 10.6. The van der Waals surface area contributed by atoms with Gasteiger partial charge in [-0.25, -0.2) is 27.9 Å². The van der Waals surface area contributed by atoms with Crippen molar-refractivity contribution in [3.05, 3.63) is 47.5 Å². The molecule has 2 saturated heterocycles. The van der Waals surface area contributed by atoms with Gasteiger partial charge in [-0.3, -0.25) is 0 Å². The number of aromatic nitrogens is 2. The highest BCUT2D eigenvalue weighted by atomic mass is 19.2. The molecule has 1 aromatic carbocycles. The van der Waals surface area contributed by atoms with Gasteiger partial charge in [-0.1, -0.05) is 6.92 Å². The van der Waals surface area contributed by atoms with Gasteiger partial charge in [0.05, 0.1) is 25.1 Å². The summed E-state index contributed by atoms with van der Waals surface area (Å²) in [5.74, 6) is -1.74. The second kappa shape index (κ2) is 12.2. The van der Waals surface area contributed by atoms with Gasteiger partial charge >= 0.3 is 6.09 Å². The van der Waals surface area contributed by atoms with Crippen LogP contribution in [0.2, 0.25) is 0 Å². The molecule has 3 heterocycles. The number of nitrogens with two attached hydrogens (primary N) is 1. The van der Waals surface area contributed by atoms with Crippen molar-refractivity contribution >= 4 is 12.0 Å². The van der Waals surface area contributed by atoms with E-state index in [1.807, 2.05) is 13.8 Å². The minimum Gasteiger partial charge on any atom is -0.490 e. The molecule has 1 aromatic heterocycles. The van der Waals surface area contributed by atoms with E-state index in [1.54, 1.807) is 22.2 Å². The first-order valence-corrected chi connectivity index (χ1v) is 13.2. The van der Waals surface area contributed by atoms with Crippen LogP contribution in [0.15, 0.2) is 24.5 Å². The zero-order valence-electron chi connectivity index (χ0n) is 22.1. The maximum Gasteiger partial charge on any atom is 0.410 e. The summed E-state index contributed by atoms with van der Waals surface area (Å²) in [5, 5.41) is 0. The third kappa shape index (κ3) is 6.67. The van der Waals surface area contributed by atoms with Crippen LogP contribution in [0, 0.1) is 29.3 Å². The van der Waals surface area contributed by atoms with E-state index in [0.717, 1.165) is 25.3 Å². The number of carbonyl (C=O) groups is 1. The molecule has 0 aliphatic carbocycles. The van der Waals surface area contributed by atoms with Crippen molar-refractivity contribution in [1.29, 1.82) is 0 Å². The summed E-state index contributed by atoms with van der Waals surface area (Å²) in [6.07, 6.45) is 5.58. The fourth-order valence-corrected chi connectivity index (χ4v) is 5.22. The van der Waals surface area contributed by atoms with Crippen LogP contribution < -0.4 is 15.4 Å². The Morgan fingerprint density at radius 2 is 1.71 bits per heavy atom. The molecule has 2 aliphatic rings. The quantitative estimate of drug-likeness (QED) is 0.498. The Bertz CT molecular complexity index is 1100. The van der Waals surface area contributed by atoms with Crippen molar-refractivity contribution in [2.24, 2.45) is 17.6 Å². The zero-order chi connectivity index (χ0) is 27.4. The number of ether oxygens (including phenoxy) is 2. The predicted molar refractivity (Wildman–Crippen MR) is 136 cm³/mol. The summed E-state index contributed by atoms with van der Waals surface area (Å²) in [4.78, 5) is 24.4. The van der Waals surface area contributed by atoms with Crippen LogP contribution in [0.25, 0.3) is 0 Å². The molecule has 1 amide bonds. The van der Waals surface area contributed by atoms with E-state index in [4.69, 9.17) is 15.2 Å². The number of hydrogen-bond donors (Lipinski definition) is 1. The van der Waals surface area contributed by atoms with E-state index >= 15 is 0 Å². The smallest absolute Gasteiger partial charge is 0.410 e. The van der Waals surface area contributed by atoms with Gasteiger partial charge in [0.25, 0.3) is 0 Å². The second-order valence-corrected chi connectivity index (χ2v) is 10.6. The molecule has 0 radical (unpaired) electrons. The topological polar surface area (TPSA) is 93.8 Å². The molecule has 208 valence electrons. The normalized spacial score (nSPS) is 21.2. The Kier molecular flexibility index (Phi) is 8.96. The number of benzene rings is 1. The standard InChI is InChI=1S/C27H36F3N5O3/c1-16(2)38-27(36)34-7-4-18(5-8-34)17(3)6-9-37-19-12-32-26(33-13-19)35-14-21(25(31)15-35)20-10-23(29)24(30)11-22(20)28/h10-13,16-18,21,25H,4-9,14-15,31H2,1-3H3. The van der Waals surface area contributed by atoms with Crippen molar-refractivity contribution in [3.8, 4) is 5.75 Å². The third-order valence-corrected chi connectivity index (χ3v) is 7.48. The highest BCUT2D eigenvalue weighted by Gasteiger charge is 2.35. The van der Waals surface area contributed by atoms with Crippen LogP contribution in [-0.2, 0) is 4.74 Å². The number of rotatable bonds is 8. The highest BCUT2D eigenvalue weighted by Crippen LogP contribution is 2.32. The van der Waals surface area contributed by atoms with E-state index < -0.39 is 29.4 Å². The maximum absolute atomic E-state index is 14.3. The zero-order valence-corrected chi connectivity index (χ0v) is 22.1. The lowest BCUT2D eigenvalue weighted by Gasteiger charge is -2.34. The fourth-order valence-electron chi connectivity index (χ4n) is 5.22. The monoisotopic (exact) mass is 535 g/mol. The Morgan fingerprint density at radius 1 is 1.05 bits per heavy atom. The van der Waals surface area contributed by atoms with Crippen molar-refractivity contribution in [2.75, 3.05) is 37.7 Å². The lowest BCUT2D eigenvalue weighted by atomic mass is 9.84. The predicted octanol–water partition coefficient (Wildman–Crippen LogP) is 4.49. The number of likely N-dealkylation sites (tertiary alicyclic amines) is 1. The summed E-state index contributed by atoms with van der Waals surface area (Å²) in [6.45, 7) is 8.49. The minimum atomic E-state index is -1.22. The molecular weight excluding hydrogens is 499 g/mol. The average molecular weight is 536 g/mol. The van der Waals surface area contributed by atoms with Crippen LogP contribution >= 0.6 is 0 Å². The van der Waals surface area contributed by atoms with Crippen LogP contribution in [0.4, 0.5) is 23.9 Å². The van der Waals surface area contributed by atoms with Gasteiger partial charge in [-0.2, -0.15) is 0 Å². The molecule has 3 unspecified atom stereocenters. The number of piperidine rings is 1. The van der Waals surface area contributed by atoms with Gasteiger partial charge in [0.1, 0.15) is 5.82 Å². The van der Waals surface area contributed by atoms with Gasteiger partial charge in [0.2, 0.25) is 5.95 Å². The highest BCUT2D eigenvalue weighted by molar-refractivity contribution is 5.67. The van der Waals surface area contributed by atoms with Gasteiger partial charge in [0.15, 0.2) is 17.4 Å². The van der Waals surface area contributed by atoms with Crippen molar-refractivity contribution < 1.29 is 27.4 Å². The van der Waals surface area contributed by atoms with Gasteiger partial charge in [-0.05, 0) is 56.6 Å². The van der Waals surface area contributed by atoms with E-state index in [9.17, 15) is 18.0 Å².